The fourth-order valence-electron chi connectivity index (χ4n) is 1.98. The molecule has 0 atom stereocenters. The molecule has 6 heteroatoms. The smallest absolute Gasteiger partial charge is 0.287 e. The van der Waals surface area contributed by atoms with Gasteiger partial charge in [-0.05, 0) is 31.3 Å². The SMILES string of the molecule is Cc1ccc(C(=O)Cn2nc(-c3ccncc3)oc2=S)cc1. The van der Waals surface area contributed by atoms with Gasteiger partial charge in [-0.1, -0.05) is 29.8 Å². The Morgan fingerprint density at radius 3 is 2.55 bits per heavy atom. The molecule has 0 bridgehead atoms. The molecule has 0 saturated carbocycles. The van der Waals surface area contributed by atoms with E-state index in [4.69, 9.17) is 16.6 Å². The van der Waals surface area contributed by atoms with Crippen LogP contribution in [0.2, 0.25) is 0 Å². The van der Waals surface area contributed by atoms with E-state index >= 15 is 0 Å². The van der Waals surface area contributed by atoms with Crippen LogP contribution in [-0.2, 0) is 6.54 Å². The van der Waals surface area contributed by atoms with Crippen molar-refractivity contribution in [3.05, 3.63) is 64.8 Å². The second-order valence-corrected chi connectivity index (χ2v) is 5.21. The predicted octanol–water partition coefficient (Wildman–Crippen LogP) is 3.46. The summed E-state index contributed by atoms with van der Waals surface area (Å²) < 4.78 is 6.84. The topological polar surface area (TPSA) is 60.9 Å². The van der Waals surface area contributed by atoms with Gasteiger partial charge >= 0.3 is 0 Å². The fourth-order valence-corrected chi connectivity index (χ4v) is 2.17. The number of benzene rings is 1. The second kappa shape index (κ2) is 6.03. The van der Waals surface area contributed by atoms with Crippen LogP contribution in [0, 0.1) is 11.8 Å². The number of ketones is 1. The molecule has 2 aromatic heterocycles. The van der Waals surface area contributed by atoms with E-state index < -0.39 is 0 Å². The minimum atomic E-state index is -0.0642. The summed E-state index contributed by atoms with van der Waals surface area (Å²) in [4.78, 5) is 16.4. The molecular weight excluding hydrogens is 298 g/mol. The first kappa shape index (κ1) is 14.3. The maximum Gasteiger partial charge on any atom is 0.287 e. The average Bonchev–Trinajstić information content (AvgIpc) is 2.90. The van der Waals surface area contributed by atoms with E-state index in [9.17, 15) is 4.79 Å². The Morgan fingerprint density at radius 2 is 1.86 bits per heavy atom. The van der Waals surface area contributed by atoms with E-state index in [0.717, 1.165) is 11.1 Å². The number of aromatic nitrogens is 3. The molecule has 5 nitrogen and oxygen atoms in total. The Balaban J connectivity index is 1.84. The van der Waals surface area contributed by atoms with Crippen LogP contribution in [0.4, 0.5) is 0 Å². The molecule has 0 spiro atoms. The lowest BCUT2D eigenvalue weighted by Crippen LogP contribution is -2.11. The van der Waals surface area contributed by atoms with Crippen molar-refractivity contribution in [2.24, 2.45) is 0 Å². The van der Waals surface area contributed by atoms with Gasteiger partial charge in [0.2, 0.25) is 5.89 Å². The van der Waals surface area contributed by atoms with E-state index in [-0.39, 0.29) is 17.2 Å². The van der Waals surface area contributed by atoms with Gasteiger partial charge in [-0.15, -0.1) is 5.10 Å². The van der Waals surface area contributed by atoms with Crippen molar-refractivity contribution >= 4 is 18.0 Å². The first-order chi connectivity index (χ1) is 10.6. The summed E-state index contributed by atoms with van der Waals surface area (Å²) in [7, 11) is 0. The molecule has 0 aliphatic heterocycles. The number of aryl methyl sites for hydroxylation is 1. The van der Waals surface area contributed by atoms with Gasteiger partial charge < -0.3 is 4.42 Å². The molecule has 0 fully saturated rings. The number of carbonyl (C=O) groups is 1. The highest BCUT2D eigenvalue weighted by Crippen LogP contribution is 2.16. The van der Waals surface area contributed by atoms with Crippen molar-refractivity contribution in [1.82, 2.24) is 14.8 Å². The number of nitrogens with zero attached hydrogens (tertiary/aromatic N) is 3. The third kappa shape index (κ3) is 3.01. The largest absolute Gasteiger partial charge is 0.409 e. The number of Topliss-reactive ketones (excluding diaryl/α,β-unsaturated/α-hetero) is 1. The van der Waals surface area contributed by atoms with Crippen LogP contribution in [0.1, 0.15) is 15.9 Å². The van der Waals surface area contributed by atoms with Crippen molar-refractivity contribution < 1.29 is 9.21 Å². The quantitative estimate of drug-likeness (QED) is 0.545. The van der Waals surface area contributed by atoms with Gasteiger partial charge in [0.05, 0.1) is 0 Å². The molecule has 3 aromatic rings. The number of carbonyl (C=O) groups excluding carboxylic acids is 1. The molecule has 1 aromatic carbocycles. The maximum atomic E-state index is 12.3. The Kier molecular flexibility index (Phi) is 3.93. The Bertz CT molecular complexity index is 851. The summed E-state index contributed by atoms with van der Waals surface area (Å²) in [5.41, 5.74) is 2.50. The van der Waals surface area contributed by atoms with E-state index in [1.54, 1.807) is 36.7 Å². The normalized spacial score (nSPS) is 10.6. The summed E-state index contributed by atoms with van der Waals surface area (Å²) in [6.45, 7) is 2.03. The zero-order valence-electron chi connectivity index (χ0n) is 11.9. The van der Waals surface area contributed by atoms with Gasteiger partial charge in [-0.25, -0.2) is 4.68 Å². The van der Waals surface area contributed by atoms with E-state index in [1.807, 2.05) is 19.1 Å². The molecule has 0 N–H and O–H groups in total. The lowest BCUT2D eigenvalue weighted by molar-refractivity contribution is 0.0966. The molecule has 110 valence electrons. The standard InChI is InChI=1S/C16H13N3O2S/c1-11-2-4-12(5-3-11)14(20)10-19-16(22)21-15(18-19)13-6-8-17-9-7-13/h2-9H,10H2,1H3. The molecular formula is C16H13N3O2S. The van der Waals surface area contributed by atoms with E-state index in [0.29, 0.717) is 11.5 Å². The van der Waals surface area contributed by atoms with Gasteiger partial charge in [-0.2, -0.15) is 0 Å². The third-order valence-corrected chi connectivity index (χ3v) is 3.49. The molecule has 0 amide bonds. The summed E-state index contributed by atoms with van der Waals surface area (Å²) >= 11 is 5.13. The predicted molar refractivity (Wildman–Crippen MR) is 84.1 cm³/mol. The molecule has 22 heavy (non-hydrogen) atoms. The van der Waals surface area contributed by atoms with Crippen molar-refractivity contribution in [2.75, 3.05) is 0 Å². The van der Waals surface area contributed by atoms with Gasteiger partial charge in [0.25, 0.3) is 4.84 Å². The number of hydrogen-bond donors (Lipinski definition) is 0. The van der Waals surface area contributed by atoms with Crippen molar-refractivity contribution in [2.45, 2.75) is 13.5 Å². The molecule has 2 heterocycles. The minimum absolute atomic E-state index is 0.0521. The summed E-state index contributed by atoms with van der Waals surface area (Å²) in [6, 6.07) is 10.9. The summed E-state index contributed by atoms with van der Waals surface area (Å²) in [5.74, 6) is 0.315. The Morgan fingerprint density at radius 1 is 1.18 bits per heavy atom. The van der Waals surface area contributed by atoms with E-state index in [1.165, 1.54) is 4.68 Å². The molecule has 3 rings (SSSR count). The fraction of sp³-hybridized carbons (Fsp3) is 0.125. The second-order valence-electron chi connectivity index (χ2n) is 4.86. The van der Waals surface area contributed by atoms with Crippen molar-refractivity contribution in [3.8, 4) is 11.5 Å². The third-order valence-electron chi connectivity index (χ3n) is 3.20. The van der Waals surface area contributed by atoms with Gasteiger partial charge in [-0.3, -0.25) is 9.78 Å². The Hall–Kier alpha value is -2.60. The van der Waals surface area contributed by atoms with Crippen LogP contribution < -0.4 is 0 Å². The van der Waals surface area contributed by atoms with Gasteiger partial charge in [0.15, 0.2) is 5.78 Å². The first-order valence-electron chi connectivity index (χ1n) is 6.72. The van der Waals surface area contributed by atoms with Crippen LogP contribution in [-0.4, -0.2) is 20.5 Å². The lowest BCUT2D eigenvalue weighted by atomic mass is 10.1. The number of pyridine rings is 1. The van der Waals surface area contributed by atoms with Gasteiger partial charge in [0.1, 0.15) is 6.54 Å². The lowest BCUT2D eigenvalue weighted by Gasteiger charge is -2.01. The monoisotopic (exact) mass is 311 g/mol. The average molecular weight is 311 g/mol. The van der Waals surface area contributed by atoms with Crippen LogP contribution in [0.15, 0.2) is 53.2 Å². The molecule has 0 aliphatic carbocycles. The molecule has 0 unspecified atom stereocenters. The van der Waals surface area contributed by atoms with Crippen molar-refractivity contribution in [3.63, 3.8) is 0 Å². The highest BCUT2D eigenvalue weighted by molar-refractivity contribution is 7.71. The van der Waals surface area contributed by atoms with Gasteiger partial charge in [0, 0.05) is 23.5 Å². The van der Waals surface area contributed by atoms with Crippen LogP contribution in [0.5, 0.6) is 0 Å². The van der Waals surface area contributed by atoms with Crippen molar-refractivity contribution in [1.29, 1.82) is 0 Å². The molecule has 0 aliphatic rings. The summed E-state index contributed by atoms with van der Waals surface area (Å²) in [6.07, 6.45) is 3.29. The summed E-state index contributed by atoms with van der Waals surface area (Å²) in [5, 5.41) is 4.26. The molecule has 0 saturated heterocycles. The highest BCUT2D eigenvalue weighted by atomic mass is 32.1. The number of hydrogen-bond acceptors (Lipinski definition) is 5. The highest BCUT2D eigenvalue weighted by Gasteiger charge is 2.12. The van der Waals surface area contributed by atoms with E-state index in [2.05, 4.69) is 10.1 Å². The van der Waals surface area contributed by atoms with Crippen LogP contribution in [0.25, 0.3) is 11.5 Å². The molecule has 0 radical (unpaired) electrons. The maximum absolute atomic E-state index is 12.3. The zero-order chi connectivity index (χ0) is 15.5. The minimum Gasteiger partial charge on any atom is -0.409 e. The zero-order valence-corrected chi connectivity index (χ0v) is 12.7. The number of rotatable bonds is 4. The van der Waals surface area contributed by atoms with Crippen LogP contribution in [0.3, 0.4) is 0 Å². The first-order valence-corrected chi connectivity index (χ1v) is 7.12. The van der Waals surface area contributed by atoms with Crippen LogP contribution >= 0.6 is 12.2 Å². The Labute approximate surface area is 132 Å².